The Balaban J connectivity index is 0.872. The first kappa shape index (κ1) is 62.7. The Morgan fingerprint density at radius 3 is 2.08 bits per heavy atom. The highest BCUT2D eigenvalue weighted by atomic mass is 31.3. The molecule has 9 heterocycles. The number of alkyl carbamates (subject to hydrolysis) is 1. The van der Waals surface area contributed by atoms with Crippen LogP contribution in [0.1, 0.15) is 44.9 Å². The van der Waals surface area contributed by atoms with E-state index in [9.17, 15) is 67.5 Å². The number of ether oxygens (including phenoxy) is 5. The van der Waals surface area contributed by atoms with Gasteiger partial charge in [0.05, 0.1) is 51.5 Å². The third kappa shape index (κ3) is 13.6. The van der Waals surface area contributed by atoms with Gasteiger partial charge in [0.2, 0.25) is 17.7 Å². The summed E-state index contributed by atoms with van der Waals surface area (Å²) >= 11 is 0. The lowest BCUT2D eigenvalue weighted by Gasteiger charge is -2.31. The number of carbonyl (C=O) groups is 1. The van der Waals surface area contributed by atoms with Gasteiger partial charge in [-0.2, -0.15) is 13.6 Å². The van der Waals surface area contributed by atoms with Gasteiger partial charge in [-0.1, -0.05) is 24.7 Å². The summed E-state index contributed by atoms with van der Waals surface area (Å²) in [6, 6.07) is 0. The Labute approximate surface area is 469 Å². The molecule has 9 rings (SSSR count). The van der Waals surface area contributed by atoms with Gasteiger partial charge in [0.15, 0.2) is 41.4 Å². The number of aromatic nitrogens is 12. The maximum atomic E-state index is 13.7. The molecule has 0 spiro atoms. The van der Waals surface area contributed by atoms with Gasteiger partial charge in [-0.25, -0.2) is 43.0 Å². The number of rotatable bonds is 25. The molecule has 4 unspecified atom stereocenters. The lowest BCUT2D eigenvalue weighted by molar-refractivity contribution is -0.745. The lowest BCUT2D eigenvalue weighted by Crippen LogP contribution is -2.46. The van der Waals surface area contributed by atoms with E-state index in [4.69, 9.17) is 59.0 Å². The summed E-state index contributed by atoms with van der Waals surface area (Å²) in [4.78, 5) is 112. The second-order valence-corrected chi connectivity index (χ2v) is 24.8. The molecule has 0 aromatic carbocycles. The molecule has 6 aromatic heterocycles. The average molecular weight is 1270 g/mol. The van der Waals surface area contributed by atoms with Crippen molar-refractivity contribution in [2.75, 3.05) is 57.3 Å². The zero-order chi connectivity index (χ0) is 60.8. The number of imidazole rings is 3. The fraction of sp³-hybridized carbons (Fsp3) is 0.590. The molecule has 3 saturated heterocycles. The number of nitrogen functional groups attached to an aromatic ring is 3. The Morgan fingerprint density at radius 2 is 1.39 bits per heavy atom. The number of phosphoric ester groups is 3. The van der Waals surface area contributed by atoms with E-state index in [1.807, 2.05) is 6.92 Å². The minimum atomic E-state index is -6.27. The van der Waals surface area contributed by atoms with Crippen LogP contribution in [0.3, 0.4) is 0 Å². The maximum Gasteiger partial charge on any atom is 0.490 e. The number of unbranched alkanes of at least 4 members (excludes halogenated alkanes) is 2. The number of aromatic amines is 2. The molecule has 15 N–H and O–H groups in total. The van der Waals surface area contributed by atoms with Crippen LogP contribution >= 0.6 is 31.3 Å². The van der Waals surface area contributed by atoms with Crippen molar-refractivity contribution in [3.05, 3.63) is 46.0 Å². The summed E-state index contributed by atoms with van der Waals surface area (Å²) in [6.45, 7) is -1.90. The van der Waals surface area contributed by atoms with Crippen LogP contribution < -0.4 is 43.1 Å². The highest BCUT2D eigenvalue weighted by molar-refractivity contribution is 7.66. The van der Waals surface area contributed by atoms with E-state index < -0.39 is 148 Å². The lowest BCUT2D eigenvalue weighted by atomic mass is 9.99. The summed E-state index contributed by atoms with van der Waals surface area (Å²) in [5.74, 6) is -2.06. The van der Waals surface area contributed by atoms with Gasteiger partial charge in [-0.15, -0.1) is 0 Å². The number of fused-ring (bicyclic) bond motifs is 3. The molecule has 3 fully saturated rings. The van der Waals surface area contributed by atoms with E-state index in [0.717, 1.165) is 43.5 Å². The van der Waals surface area contributed by atoms with Gasteiger partial charge >= 0.3 is 35.2 Å². The number of phosphoric acid groups is 4. The van der Waals surface area contributed by atoms with Crippen LogP contribution in [0.15, 0.2) is 34.9 Å². The predicted octanol–water partition coefficient (Wildman–Crippen LogP) is -3.17. The van der Waals surface area contributed by atoms with Crippen LogP contribution in [0.25, 0.3) is 33.5 Å². The standard InChI is InChI=1S/C39H56N16O25P4/c1-4-5-6-7-43-39(61)71-8-16-17(75-34(23(16)56)55-15-52(2)22-31(55)49-38(42)51-33(22)60)9-73-82(64,65)79-84(68,69)80-83(66,67)74-11-19-26(27(70-3)36(77-19)53-13-46-20-28(40)44-12-45-29(20)53)78-81(62,63)72-10-18-24(57)25(58)35(76-18)54-14-47-21-30(54)48-37(41)50-32(21)59/h12-19,23-27,34-36,56-58H,4-11H2,1-3H3,(H12-,40,41,42,43,44,45,48,49,50,51,59,60,61,62,63,64,65,66,67,68,69)/t16-,17-,18-,19-,23-,24-,25-,26-,27-,34-,35-,36-/m1/s1. The van der Waals surface area contributed by atoms with Crippen LogP contribution in [0.5, 0.6) is 0 Å². The second kappa shape index (κ2) is 24.9. The van der Waals surface area contributed by atoms with Crippen molar-refractivity contribution in [2.24, 2.45) is 13.0 Å². The number of amides is 1. The van der Waals surface area contributed by atoms with E-state index in [0.29, 0.717) is 6.42 Å². The number of aliphatic hydroxyl groups is 3. The molecule has 0 aliphatic carbocycles. The van der Waals surface area contributed by atoms with E-state index in [1.165, 1.54) is 27.1 Å². The molecule has 16 atom stereocenters. The molecule has 3 aliphatic rings. The number of nitrogens with one attached hydrogen (secondary N) is 3. The molecule has 3 aliphatic heterocycles. The predicted molar refractivity (Wildman–Crippen MR) is 273 cm³/mol. The molecule has 1 amide bonds. The van der Waals surface area contributed by atoms with E-state index in [-0.39, 0.29) is 57.8 Å². The highest BCUT2D eigenvalue weighted by Crippen LogP contribution is 2.68. The second-order valence-electron chi connectivity index (χ2n) is 18.9. The number of H-pyrrole nitrogens is 2. The summed E-state index contributed by atoms with van der Waals surface area (Å²) in [7, 11) is -21.4. The monoisotopic (exact) mass is 1270 g/mol. The van der Waals surface area contributed by atoms with Gasteiger partial charge in [-0.3, -0.25) is 46.9 Å². The summed E-state index contributed by atoms with van der Waals surface area (Å²) < 4.78 is 116. The zero-order valence-electron chi connectivity index (χ0n) is 43.8. The van der Waals surface area contributed by atoms with Crippen molar-refractivity contribution in [1.82, 2.24) is 58.9 Å². The summed E-state index contributed by atoms with van der Waals surface area (Å²) in [5, 5.41) is 35.9. The summed E-state index contributed by atoms with van der Waals surface area (Å²) in [5.41, 5.74) is 15.5. The number of methoxy groups -OCH3 is 1. The smallest absolute Gasteiger partial charge is 0.490 e. The molecule has 41 nitrogen and oxygen atoms in total. The van der Waals surface area contributed by atoms with Gasteiger partial charge in [0, 0.05) is 13.7 Å². The number of carbonyl (C=O) groups excluding carboxylic acids is 1. The van der Waals surface area contributed by atoms with Crippen molar-refractivity contribution in [3.8, 4) is 0 Å². The molecule has 462 valence electrons. The molecular weight excluding hydrogens is 1220 g/mol. The van der Waals surface area contributed by atoms with E-state index in [1.54, 1.807) is 0 Å². The van der Waals surface area contributed by atoms with Crippen LogP contribution in [-0.2, 0) is 75.7 Å². The van der Waals surface area contributed by atoms with E-state index >= 15 is 0 Å². The van der Waals surface area contributed by atoms with Gasteiger partial charge in [-0.05, 0) is 6.42 Å². The fourth-order valence-corrected chi connectivity index (χ4v) is 13.8. The Kier molecular flexibility index (Phi) is 18.6. The molecule has 0 bridgehead atoms. The average Bonchev–Trinajstić information content (AvgIpc) is 3.45. The third-order valence-corrected chi connectivity index (χ3v) is 18.4. The van der Waals surface area contributed by atoms with Crippen LogP contribution in [0.4, 0.5) is 22.5 Å². The number of hydrogen-bond donors (Lipinski definition) is 12. The topological polar surface area (TPSA) is 583 Å². The SMILES string of the molecule is CCCCCNC(=O)OC[C@H]1[C@@H](O)[C@H]([n+]2cn(C)c3c(=O)[nH]c(N)nc32)O[C@@H]1COP(=O)(O)OP(=O)(O)OP(=O)(O)OC[C@H]1O[C@@H](n2cnc3c(N)ncnc32)[C@H](OC)[C@@H]1OP(=O)([O-])OC[C@H]1O[C@@H](n2cnc3c(=O)[nH]c(N)nc32)[C@H](O)[C@@H]1O. The first-order valence-corrected chi connectivity index (χ1v) is 30.7. The van der Waals surface area contributed by atoms with Gasteiger partial charge in [0.25, 0.3) is 24.9 Å². The molecule has 84 heavy (non-hydrogen) atoms. The number of anilines is 3. The number of nitrogens with two attached hydrogens (primary N) is 3. The van der Waals surface area contributed by atoms with Crippen molar-refractivity contribution < 1.29 is 113 Å². The highest BCUT2D eigenvalue weighted by Gasteiger charge is 2.53. The normalized spacial score (nSPS) is 28.4. The van der Waals surface area contributed by atoms with Gasteiger partial charge < -0.3 is 90.1 Å². The number of hydrogen-bond acceptors (Lipinski definition) is 31. The minimum Gasteiger partial charge on any atom is -0.756 e. The molecular formula is C39H56N16O25P4. The van der Waals surface area contributed by atoms with Crippen LogP contribution in [-0.4, -0.2) is 179 Å². The number of aryl methyl sites for hydroxylation is 1. The van der Waals surface area contributed by atoms with Crippen molar-refractivity contribution in [1.29, 1.82) is 0 Å². The van der Waals surface area contributed by atoms with Crippen molar-refractivity contribution in [3.63, 3.8) is 0 Å². The van der Waals surface area contributed by atoms with Crippen molar-refractivity contribution >= 4 is 88.6 Å². The molecule has 45 heteroatoms. The van der Waals surface area contributed by atoms with Crippen LogP contribution in [0, 0.1) is 5.92 Å². The Hall–Kier alpha value is -5.84. The molecule has 6 aromatic rings. The number of nitrogens with zero attached hydrogens (tertiary/aromatic N) is 10. The Morgan fingerprint density at radius 1 is 0.762 bits per heavy atom. The molecule has 0 saturated carbocycles. The maximum absolute atomic E-state index is 13.7. The van der Waals surface area contributed by atoms with Crippen LogP contribution in [0.2, 0.25) is 0 Å². The minimum absolute atomic E-state index is 0.0143. The third-order valence-electron chi connectivity index (χ3n) is 13.2. The number of aliphatic hydroxyl groups excluding tert-OH is 3. The zero-order valence-corrected chi connectivity index (χ0v) is 47.4. The molecule has 0 radical (unpaired) electrons. The van der Waals surface area contributed by atoms with Gasteiger partial charge in [0.1, 0.15) is 61.2 Å². The van der Waals surface area contributed by atoms with Crippen molar-refractivity contribution in [2.45, 2.75) is 93.7 Å². The first-order valence-electron chi connectivity index (χ1n) is 24.8. The quantitative estimate of drug-likeness (QED) is 0.0153. The first-order chi connectivity index (χ1) is 39.6. The van der Waals surface area contributed by atoms with E-state index in [2.05, 4.69) is 53.8 Å². The summed E-state index contributed by atoms with van der Waals surface area (Å²) in [6.07, 6.45) is -12.6. The fourth-order valence-electron chi connectivity index (χ4n) is 9.36. The Bertz CT molecular complexity index is 3720. The largest absolute Gasteiger partial charge is 0.756 e.